The molecule has 0 aliphatic carbocycles. The Morgan fingerprint density at radius 2 is 1.96 bits per heavy atom. The number of carbonyl (C=O) groups is 2. The molecule has 1 aromatic carbocycles. The number of carbonyl (C=O) groups excluding carboxylic acids is 2. The lowest BCUT2D eigenvalue weighted by Gasteiger charge is -2.05. The second-order valence-corrected chi connectivity index (χ2v) is 5.24. The van der Waals surface area contributed by atoms with E-state index >= 15 is 0 Å². The Bertz CT molecular complexity index is 974. The molecule has 0 unspecified atom stereocenters. The first-order valence-electron chi connectivity index (χ1n) is 7.45. The molecule has 6 nitrogen and oxygen atoms in total. The third-order valence-corrected chi connectivity index (χ3v) is 3.58. The van der Waals surface area contributed by atoms with Crippen LogP contribution in [0.5, 0.6) is 11.5 Å². The van der Waals surface area contributed by atoms with Gasteiger partial charge in [0.2, 0.25) is 5.78 Å². The molecule has 1 aliphatic rings. The van der Waals surface area contributed by atoms with E-state index in [1.807, 2.05) is 0 Å². The quantitative estimate of drug-likeness (QED) is 0.415. The Morgan fingerprint density at radius 3 is 2.72 bits per heavy atom. The number of rotatable bonds is 3. The van der Waals surface area contributed by atoms with Crippen molar-refractivity contribution in [2.75, 3.05) is 0 Å². The summed E-state index contributed by atoms with van der Waals surface area (Å²) in [7, 11) is 0. The van der Waals surface area contributed by atoms with E-state index in [4.69, 9.17) is 13.9 Å². The number of ether oxygens (including phenoxy) is 2. The van der Waals surface area contributed by atoms with E-state index in [9.17, 15) is 9.59 Å². The van der Waals surface area contributed by atoms with Crippen molar-refractivity contribution in [3.05, 3.63) is 83.8 Å². The minimum absolute atomic E-state index is 0.155. The molecular weight excluding hydrogens is 322 g/mol. The van der Waals surface area contributed by atoms with Gasteiger partial charge < -0.3 is 13.9 Å². The maximum absolute atomic E-state index is 12.3. The minimum Gasteiger partial charge on any atom is -0.465 e. The number of allylic oxidation sites excluding steroid dienone is 1. The molecule has 0 spiro atoms. The molecule has 3 aromatic rings. The molecule has 6 heteroatoms. The molecule has 1 aliphatic heterocycles. The average molecular weight is 333 g/mol. The first-order chi connectivity index (χ1) is 12.2. The van der Waals surface area contributed by atoms with Gasteiger partial charge in [0.05, 0.1) is 17.4 Å². The van der Waals surface area contributed by atoms with Crippen molar-refractivity contribution in [3.8, 4) is 11.5 Å². The van der Waals surface area contributed by atoms with Crippen molar-refractivity contribution in [1.82, 2.24) is 4.98 Å². The zero-order valence-electron chi connectivity index (χ0n) is 12.8. The number of pyridine rings is 1. The molecule has 25 heavy (non-hydrogen) atoms. The molecule has 0 bridgehead atoms. The topological polar surface area (TPSA) is 78.6 Å². The number of aromatic nitrogens is 1. The van der Waals surface area contributed by atoms with Gasteiger partial charge in [-0.15, -0.1) is 0 Å². The molecule has 0 atom stereocenters. The van der Waals surface area contributed by atoms with Gasteiger partial charge in [-0.05, 0) is 36.4 Å². The molecule has 3 heterocycles. The summed E-state index contributed by atoms with van der Waals surface area (Å²) in [5.74, 6) is 0.523. The monoisotopic (exact) mass is 333 g/mol. The Morgan fingerprint density at radius 1 is 1.12 bits per heavy atom. The SMILES string of the molecule is O=C(Oc1ccc2c(c1)OC(=Cc1ccco1)C2=O)c1ccncc1. The second-order valence-electron chi connectivity index (χ2n) is 5.24. The molecule has 0 N–H and O–H groups in total. The highest BCUT2D eigenvalue weighted by Crippen LogP contribution is 2.35. The number of furan rings is 1. The summed E-state index contributed by atoms with van der Waals surface area (Å²) in [4.78, 5) is 28.3. The van der Waals surface area contributed by atoms with Gasteiger partial charge in [-0.2, -0.15) is 0 Å². The summed E-state index contributed by atoms with van der Waals surface area (Å²) in [6, 6.07) is 11.2. The number of hydrogen-bond acceptors (Lipinski definition) is 6. The lowest BCUT2D eigenvalue weighted by molar-refractivity contribution is 0.0734. The summed E-state index contributed by atoms with van der Waals surface area (Å²) in [5, 5.41) is 0. The molecule has 4 rings (SSSR count). The van der Waals surface area contributed by atoms with E-state index in [2.05, 4.69) is 4.98 Å². The molecular formula is C19H11NO5. The van der Waals surface area contributed by atoms with Crippen LogP contribution in [0.2, 0.25) is 0 Å². The highest BCUT2D eigenvalue weighted by molar-refractivity contribution is 6.14. The largest absolute Gasteiger partial charge is 0.465 e. The number of esters is 1. The van der Waals surface area contributed by atoms with Gasteiger partial charge in [-0.25, -0.2) is 4.79 Å². The van der Waals surface area contributed by atoms with Crippen LogP contribution >= 0.6 is 0 Å². The number of fused-ring (bicyclic) bond motifs is 1. The highest BCUT2D eigenvalue weighted by atomic mass is 16.5. The smallest absolute Gasteiger partial charge is 0.343 e. The minimum atomic E-state index is -0.516. The summed E-state index contributed by atoms with van der Waals surface area (Å²) in [5.41, 5.74) is 0.785. The number of nitrogens with zero attached hydrogens (tertiary/aromatic N) is 1. The first kappa shape index (κ1) is 14.9. The number of benzene rings is 1. The van der Waals surface area contributed by atoms with Gasteiger partial charge in [0.15, 0.2) is 5.76 Å². The van der Waals surface area contributed by atoms with Gasteiger partial charge in [0.1, 0.15) is 17.3 Å². The molecule has 0 saturated carbocycles. The van der Waals surface area contributed by atoms with Crippen molar-refractivity contribution in [1.29, 1.82) is 0 Å². The fourth-order valence-corrected chi connectivity index (χ4v) is 2.39. The van der Waals surface area contributed by atoms with Gasteiger partial charge in [-0.3, -0.25) is 9.78 Å². The molecule has 0 saturated heterocycles. The van der Waals surface area contributed by atoms with Crippen LogP contribution in [-0.2, 0) is 0 Å². The van der Waals surface area contributed by atoms with Crippen LogP contribution in [0, 0.1) is 0 Å². The van der Waals surface area contributed by atoms with Crippen LogP contribution in [0.15, 0.2) is 71.3 Å². The normalized spacial score (nSPS) is 14.2. The Balaban J connectivity index is 1.56. The van der Waals surface area contributed by atoms with Gasteiger partial charge in [0, 0.05) is 24.5 Å². The van der Waals surface area contributed by atoms with E-state index in [1.165, 1.54) is 30.8 Å². The van der Waals surface area contributed by atoms with E-state index < -0.39 is 5.97 Å². The van der Waals surface area contributed by atoms with Crippen LogP contribution < -0.4 is 9.47 Å². The van der Waals surface area contributed by atoms with Crippen molar-refractivity contribution in [2.45, 2.75) is 0 Å². The highest BCUT2D eigenvalue weighted by Gasteiger charge is 2.28. The van der Waals surface area contributed by atoms with E-state index in [1.54, 1.807) is 36.4 Å². The lowest BCUT2D eigenvalue weighted by atomic mass is 10.1. The number of ketones is 1. The van der Waals surface area contributed by atoms with Crippen LogP contribution in [0.4, 0.5) is 0 Å². The Labute approximate surface area is 142 Å². The standard InChI is InChI=1S/C19H11NO5/c21-18-15-4-3-14(24-19(22)12-5-7-20-8-6-12)11-16(15)25-17(18)10-13-2-1-9-23-13/h1-11H. The molecule has 0 fully saturated rings. The fraction of sp³-hybridized carbons (Fsp3) is 0. The predicted molar refractivity (Wildman–Crippen MR) is 87.3 cm³/mol. The van der Waals surface area contributed by atoms with Crippen molar-refractivity contribution in [2.24, 2.45) is 0 Å². The maximum Gasteiger partial charge on any atom is 0.343 e. The van der Waals surface area contributed by atoms with Crippen molar-refractivity contribution in [3.63, 3.8) is 0 Å². The summed E-state index contributed by atoms with van der Waals surface area (Å²) in [6.07, 6.45) is 6.04. The Hall–Kier alpha value is -3.67. The van der Waals surface area contributed by atoms with Crippen molar-refractivity contribution >= 4 is 17.8 Å². The van der Waals surface area contributed by atoms with Crippen LogP contribution in [0.1, 0.15) is 26.5 Å². The summed E-state index contributed by atoms with van der Waals surface area (Å²) < 4.78 is 16.1. The third kappa shape index (κ3) is 2.92. The molecule has 0 amide bonds. The zero-order chi connectivity index (χ0) is 17.2. The maximum atomic E-state index is 12.3. The number of hydrogen-bond donors (Lipinski definition) is 0. The summed E-state index contributed by atoms with van der Waals surface area (Å²) in [6.45, 7) is 0. The van der Waals surface area contributed by atoms with Crippen molar-refractivity contribution < 1.29 is 23.5 Å². The molecule has 0 radical (unpaired) electrons. The van der Waals surface area contributed by atoms with E-state index in [0.29, 0.717) is 22.6 Å². The first-order valence-corrected chi connectivity index (χ1v) is 7.45. The van der Waals surface area contributed by atoms with Gasteiger partial charge >= 0.3 is 5.97 Å². The second kappa shape index (κ2) is 6.09. The molecule has 2 aromatic heterocycles. The van der Waals surface area contributed by atoms with E-state index in [-0.39, 0.29) is 17.3 Å². The Kier molecular flexibility index (Phi) is 3.63. The molecule has 122 valence electrons. The predicted octanol–water partition coefficient (Wildman–Crippen LogP) is 3.51. The van der Waals surface area contributed by atoms with Crippen LogP contribution in [-0.4, -0.2) is 16.7 Å². The van der Waals surface area contributed by atoms with Gasteiger partial charge in [0.25, 0.3) is 0 Å². The van der Waals surface area contributed by atoms with Crippen LogP contribution in [0.3, 0.4) is 0 Å². The van der Waals surface area contributed by atoms with Crippen LogP contribution in [0.25, 0.3) is 6.08 Å². The van der Waals surface area contributed by atoms with Gasteiger partial charge in [-0.1, -0.05) is 0 Å². The fourth-order valence-electron chi connectivity index (χ4n) is 2.39. The zero-order valence-corrected chi connectivity index (χ0v) is 12.8. The van der Waals surface area contributed by atoms with E-state index in [0.717, 1.165) is 0 Å². The third-order valence-electron chi connectivity index (χ3n) is 3.58. The summed E-state index contributed by atoms with van der Waals surface area (Å²) >= 11 is 0. The number of Topliss-reactive ketones (excluding diaryl/α,β-unsaturated/α-hetero) is 1. The lowest BCUT2D eigenvalue weighted by Crippen LogP contribution is -2.08. The average Bonchev–Trinajstić information content (AvgIpc) is 3.24.